The van der Waals surface area contributed by atoms with E-state index >= 15 is 0 Å². The highest BCUT2D eigenvalue weighted by atomic mass is 19.4. The van der Waals surface area contributed by atoms with E-state index in [1.54, 1.807) is 0 Å². The van der Waals surface area contributed by atoms with Gasteiger partial charge in [-0.15, -0.1) is 0 Å². The standard InChI is InChI=1S/C30H21F6NO4/c31-29(32,33)22-11-8-19(9-12-22)21-10-13-26(38)24(16-21)27(39)37-25(28(40)41)14-17-4-6-18(7-5-17)20-2-1-3-23(15-20)30(34,35)36/h1-13,15-16,25,38H,14H2,(H,37,39)(H,40,41). The molecule has 0 bridgehead atoms. The van der Waals surface area contributed by atoms with E-state index in [9.17, 15) is 46.1 Å². The maximum atomic E-state index is 13.0. The van der Waals surface area contributed by atoms with Crippen molar-refractivity contribution in [3.05, 3.63) is 113 Å². The minimum atomic E-state index is -4.52. The minimum Gasteiger partial charge on any atom is -0.507 e. The number of benzene rings is 4. The van der Waals surface area contributed by atoms with Gasteiger partial charge in [0.15, 0.2) is 0 Å². The van der Waals surface area contributed by atoms with Crippen LogP contribution in [-0.2, 0) is 23.6 Å². The van der Waals surface area contributed by atoms with E-state index in [1.165, 1.54) is 66.7 Å². The van der Waals surface area contributed by atoms with Crippen LogP contribution in [0.15, 0.2) is 91.0 Å². The van der Waals surface area contributed by atoms with Crippen LogP contribution in [0.2, 0.25) is 0 Å². The Morgan fingerprint density at radius 1 is 0.683 bits per heavy atom. The van der Waals surface area contributed by atoms with Crippen molar-refractivity contribution >= 4 is 11.9 Å². The molecular formula is C30H21F6NO4. The molecule has 0 aliphatic heterocycles. The average molecular weight is 573 g/mol. The lowest BCUT2D eigenvalue weighted by atomic mass is 9.98. The zero-order chi connectivity index (χ0) is 29.9. The first-order valence-corrected chi connectivity index (χ1v) is 12.0. The van der Waals surface area contributed by atoms with Crippen LogP contribution in [0.25, 0.3) is 22.3 Å². The van der Waals surface area contributed by atoms with Gasteiger partial charge in [-0.1, -0.05) is 54.6 Å². The largest absolute Gasteiger partial charge is 0.507 e. The van der Waals surface area contributed by atoms with Gasteiger partial charge in [-0.05, 0) is 64.2 Å². The number of aromatic hydroxyl groups is 1. The summed E-state index contributed by atoms with van der Waals surface area (Å²) in [6.07, 6.45) is -9.21. The lowest BCUT2D eigenvalue weighted by molar-refractivity contribution is -0.139. The summed E-state index contributed by atoms with van der Waals surface area (Å²) in [6, 6.07) is 17.4. The molecule has 0 saturated carbocycles. The number of carboxylic acids is 1. The number of alkyl halides is 6. The molecule has 0 aromatic heterocycles. The number of phenolic OH excluding ortho intramolecular Hbond substituents is 1. The fourth-order valence-electron chi connectivity index (χ4n) is 4.13. The molecule has 4 aromatic rings. The second-order valence-corrected chi connectivity index (χ2v) is 9.15. The molecule has 0 aliphatic carbocycles. The van der Waals surface area contributed by atoms with Gasteiger partial charge in [0.25, 0.3) is 5.91 Å². The summed E-state index contributed by atoms with van der Waals surface area (Å²) in [6.45, 7) is 0. The van der Waals surface area contributed by atoms with Crippen molar-refractivity contribution in [2.24, 2.45) is 0 Å². The summed E-state index contributed by atoms with van der Waals surface area (Å²) in [5.41, 5.74) is -0.0340. The van der Waals surface area contributed by atoms with Gasteiger partial charge in [0.1, 0.15) is 11.8 Å². The predicted octanol–water partition coefficient (Wildman–Crippen LogP) is 7.19. The Labute approximate surface area is 229 Å². The van der Waals surface area contributed by atoms with E-state index in [2.05, 4.69) is 5.32 Å². The van der Waals surface area contributed by atoms with Crippen molar-refractivity contribution in [2.45, 2.75) is 24.8 Å². The first-order chi connectivity index (χ1) is 19.2. The first-order valence-electron chi connectivity index (χ1n) is 12.0. The summed E-state index contributed by atoms with van der Waals surface area (Å²) >= 11 is 0. The third kappa shape index (κ3) is 7.05. The average Bonchev–Trinajstić information content (AvgIpc) is 2.92. The second-order valence-electron chi connectivity index (χ2n) is 9.15. The van der Waals surface area contributed by atoms with Gasteiger partial charge in [-0.25, -0.2) is 4.79 Å². The highest BCUT2D eigenvalue weighted by Crippen LogP contribution is 2.33. The molecule has 0 spiro atoms. The van der Waals surface area contributed by atoms with E-state index in [0.29, 0.717) is 27.8 Å². The lowest BCUT2D eigenvalue weighted by Gasteiger charge is -2.16. The molecule has 1 atom stereocenters. The van der Waals surface area contributed by atoms with E-state index in [1.807, 2.05) is 0 Å². The SMILES string of the molecule is O=C(NC(Cc1ccc(-c2cccc(C(F)(F)F)c2)cc1)C(=O)O)c1cc(-c2ccc(C(F)(F)F)cc2)ccc1O. The van der Waals surface area contributed by atoms with E-state index in [-0.39, 0.29) is 12.0 Å². The summed E-state index contributed by atoms with van der Waals surface area (Å²) in [7, 11) is 0. The number of carbonyl (C=O) groups excluding carboxylic acids is 1. The van der Waals surface area contributed by atoms with Gasteiger partial charge >= 0.3 is 18.3 Å². The van der Waals surface area contributed by atoms with E-state index in [4.69, 9.17) is 0 Å². The van der Waals surface area contributed by atoms with Crippen molar-refractivity contribution in [1.29, 1.82) is 0 Å². The molecule has 1 unspecified atom stereocenters. The number of rotatable bonds is 7. The van der Waals surface area contributed by atoms with Gasteiger partial charge in [-0.3, -0.25) is 4.79 Å². The highest BCUT2D eigenvalue weighted by molar-refractivity contribution is 6.00. The minimum absolute atomic E-state index is 0.177. The van der Waals surface area contributed by atoms with Crippen LogP contribution in [0.3, 0.4) is 0 Å². The maximum absolute atomic E-state index is 13.0. The van der Waals surface area contributed by atoms with Crippen LogP contribution in [0, 0.1) is 0 Å². The quantitative estimate of drug-likeness (QED) is 0.204. The molecule has 3 N–H and O–H groups in total. The van der Waals surface area contributed by atoms with Gasteiger partial charge < -0.3 is 15.5 Å². The zero-order valence-electron chi connectivity index (χ0n) is 20.9. The zero-order valence-corrected chi connectivity index (χ0v) is 20.9. The van der Waals surface area contributed by atoms with Gasteiger partial charge in [0.2, 0.25) is 0 Å². The predicted molar refractivity (Wildman–Crippen MR) is 138 cm³/mol. The molecule has 11 heteroatoms. The molecule has 4 aromatic carbocycles. The maximum Gasteiger partial charge on any atom is 0.416 e. The molecule has 4 rings (SSSR count). The molecule has 5 nitrogen and oxygen atoms in total. The number of amides is 1. The van der Waals surface area contributed by atoms with Gasteiger partial charge in [0, 0.05) is 6.42 Å². The third-order valence-electron chi connectivity index (χ3n) is 6.31. The number of carbonyl (C=O) groups is 2. The van der Waals surface area contributed by atoms with Crippen molar-refractivity contribution in [1.82, 2.24) is 5.32 Å². The fourth-order valence-corrected chi connectivity index (χ4v) is 4.13. The molecule has 0 radical (unpaired) electrons. The Morgan fingerprint density at radius 3 is 1.78 bits per heavy atom. The Bertz CT molecular complexity index is 1560. The van der Waals surface area contributed by atoms with Crippen molar-refractivity contribution in [2.75, 3.05) is 0 Å². The number of nitrogens with one attached hydrogen (secondary N) is 1. The molecule has 212 valence electrons. The Morgan fingerprint density at radius 2 is 1.22 bits per heavy atom. The number of hydrogen-bond acceptors (Lipinski definition) is 3. The summed E-state index contributed by atoms with van der Waals surface area (Å²) < 4.78 is 77.7. The Hall–Kier alpha value is -4.80. The third-order valence-corrected chi connectivity index (χ3v) is 6.31. The fraction of sp³-hybridized carbons (Fsp3) is 0.133. The van der Waals surface area contributed by atoms with Crippen molar-refractivity contribution in [3.8, 4) is 28.0 Å². The van der Waals surface area contributed by atoms with Gasteiger partial charge in [0.05, 0.1) is 16.7 Å². The Balaban J connectivity index is 1.50. The van der Waals surface area contributed by atoms with Crippen molar-refractivity contribution < 1.29 is 46.1 Å². The van der Waals surface area contributed by atoms with Crippen LogP contribution in [0.4, 0.5) is 26.3 Å². The summed E-state index contributed by atoms with van der Waals surface area (Å²) in [4.78, 5) is 24.8. The molecule has 41 heavy (non-hydrogen) atoms. The second kappa shape index (κ2) is 11.4. The number of hydrogen-bond donors (Lipinski definition) is 3. The monoisotopic (exact) mass is 573 g/mol. The van der Waals surface area contributed by atoms with Crippen LogP contribution in [0.5, 0.6) is 5.75 Å². The van der Waals surface area contributed by atoms with Crippen LogP contribution in [0.1, 0.15) is 27.0 Å². The Kier molecular flexibility index (Phi) is 8.09. The summed E-state index contributed by atoms with van der Waals surface area (Å²) in [5.74, 6) is -2.77. The molecule has 0 saturated heterocycles. The number of aliphatic carboxylic acids is 1. The molecular weight excluding hydrogens is 552 g/mol. The van der Waals surface area contributed by atoms with Crippen LogP contribution in [-0.4, -0.2) is 28.1 Å². The topological polar surface area (TPSA) is 86.6 Å². The highest BCUT2D eigenvalue weighted by Gasteiger charge is 2.31. The van der Waals surface area contributed by atoms with E-state index in [0.717, 1.165) is 24.3 Å². The molecule has 0 fully saturated rings. The number of halogens is 6. The first kappa shape index (κ1) is 29.2. The summed E-state index contributed by atoms with van der Waals surface area (Å²) in [5, 5.41) is 22.2. The normalized spacial score (nSPS) is 12.5. The van der Waals surface area contributed by atoms with Crippen molar-refractivity contribution in [3.63, 3.8) is 0 Å². The van der Waals surface area contributed by atoms with Crippen LogP contribution < -0.4 is 5.32 Å². The molecule has 0 aliphatic rings. The number of phenols is 1. The molecule has 0 heterocycles. The number of carboxylic acid groups (broad SMARTS) is 1. The van der Waals surface area contributed by atoms with E-state index < -0.39 is 47.1 Å². The lowest BCUT2D eigenvalue weighted by Crippen LogP contribution is -2.42. The smallest absolute Gasteiger partial charge is 0.416 e. The molecule has 1 amide bonds. The van der Waals surface area contributed by atoms with Gasteiger partial charge in [-0.2, -0.15) is 26.3 Å². The van der Waals surface area contributed by atoms with Crippen LogP contribution >= 0.6 is 0 Å².